The summed E-state index contributed by atoms with van der Waals surface area (Å²) in [4.78, 5) is 15.4. The van der Waals surface area contributed by atoms with Crippen LogP contribution in [0.2, 0.25) is 0 Å². The number of hydrogen-bond acceptors (Lipinski definition) is 3. The first kappa shape index (κ1) is 23.0. The zero-order valence-corrected chi connectivity index (χ0v) is 20.3. The number of aromatic carboxylic acids is 1. The van der Waals surface area contributed by atoms with Crippen molar-refractivity contribution in [3.05, 3.63) is 83.6 Å². The summed E-state index contributed by atoms with van der Waals surface area (Å²) in [7, 11) is 0. The van der Waals surface area contributed by atoms with Gasteiger partial charge in [-0.1, -0.05) is 61.4 Å². The molecule has 0 unspecified atom stereocenters. The number of hydrogen-bond donors (Lipinski definition) is 4. The minimum Gasteiger partial charge on any atom is -0.478 e. The summed E-state index contributed by atoms with van der Waals surface area (Å²) in [6.45, 7) is 0.195. The van der Waals surface area contributed by atoms with Crippen molar-refractivity contribution in [2.24, 2.45) is 0 Å². The van der Waals surface area contributed by atoms with Crippen LogP contribution in [0.1, 0.15) is 60.0 Å². The molecular formula is C31H31NO4. The molecule has 2 saturated carbocycles. The molecule has 1 heterocycles. The molecule has 0 spiro atoms. The Morgan fingerprint density at radius 3 is 1.86 bits per heavy atom. The summed E-state index contributed by atoms with van der Waals surface area (Å²) < 4.78 is 0. The van der Waals surface area contributed by atoms with Crippen LogP contribution >= 0.6 is 0 Å². The van der Waals surface area contributed by atoms with E-state index in [4.69, 9.17) is 0 Å². The molecule has 2 aliphatic carbocycles. The van der Waals surface area contributed by atoms with Gasteiger partial charge in [-0.15, -0.1) is 0 Å². The Balaban J connectivity index is 1.63. The van der Waals surface area contributed by atoms with Crippen molar-refractivity contribution >= 4 is 16.9 Å². The van der Waals surface area contributed by atoms with Gasteiger partial charge in [0.25, 0.3) is 0 Å². The van der Waals surface area contributed by atoms with E-state index >= 15 is 0 Å². The number of aromatic nitrogens is 1. The molecule has 2 aliphatic rings. The molecular weight excluding hydrogens is 450 g/mol. The topological polar surface area (TPSA) is 93.5 Å². The van der Waals surface area contributed by atoms with Crippen LogP contribution in [-0.2, 0) is 10.8 Å². The zero-order valence-electron chi connectivity index (χ0n) is 20.3. The molecule has 184 valence electrons. The highest BCUT2D eigenvalue weighted by Gasteiger charge is 2.41. The number of rotatable bonds is 7. The molecule has 0 atom stereocenters. The van der Waals surface area contributed by atoms with E-state index in [0.29, 0.717) is 5.39 Å². The van der Waals surface area contributed by atoms with Gasteiger partial charge in [0.2, 0.25) is 0 Å². The van der Waals surface area contributed by atoms with Gasteiger partial charge in [-0.3, -0.25) is 0 Å². The molecule has 5 nitrogen and oxygen atoms in total. The second kappa shape index (κ2) is 8.61. The van der Waals surface area contributed by atoms with E-state index in [1.807, 2.05) is 30.3 Å². The van der Waals surface area contributed by atoms with Crippen molar-refractivity contribution in [1.82, 2.24) is 4.98 Å². The molecule has 0 aliphatic heterocycles. The average Bonchev–Trinajstić information content (AvgIpc) is 3.28. The first-order valence-corrected chi connectivity index (χ1v) is 12.8. The number of aromatic amines is 1. The van der Waals surface area contributed by atoms with Crippen LogP contribution in [-0.4, -0.2) is 39.5 Å². The van der Waals surface area contributed by atoms with Gasteiger partial charge in [-0.2, -0.15) is 0 Å². The van der Waals surface area contributed by atoms with Gasteiger partial charge in [-0.05, 0) is 71.2 Å². The van der Waals surface area contributed by atoms with E-state index in [1.54, 1.807) is 6.20 Å². The molecule has 0 bridgehead atoms. The lowest BCUT2D eigenvalue weighted by molar-refractivity contribution is 0.0699. The van der Waals surface area contributed by atoms with Crippen LogP contribution in [0.4, 0.5) is 0 Å². The number of H-pyrrole nitrogens is 1. The van der Waals surface area contributed by atoms with E-state index in [0.717, 1.165) is 77.4 Å². The fraction of sp³-hybridized carbons (Fsp3) is 0.323. The van der Waals surface area contributed by atoms with Gasteiger partial charge in [0.1, 0.15) is 0 Å². The Morgan fingerprint density at radius 1 is 0.778 bits per heavy atom. The van der Waals surface area contributed by atoms with E-state index in [2.05, 4.69) is 35.3 Å². The zero-order chi connectivity index (χ0) is 24.9. The maximum absolute atomic E-state index is 12.2. The second-order valence-corrected chi connectivity index (χ2v) is 10.6. The Morgan fingerprint density at radius 2 is 1.33 bits per heavy atom. The summed E-state index contributed by atoms with van der Waals surface area (Å²) >= 11 is 0. The lowest BCUT2D eigenvalue weighted by Crippen LogP contribution is -2.38. The summed E-state index contributed by atoms with van der Waals surface area (Å²) in [6, 6.07) is 20.5. The van der Waals surface area contributed by atoms with E-state index in [9.17, 15) is 20.1 Å². The lowest BCUT2D eigenvalue weighted by atomic mass is 9.63. The Labute approximate surface area is 210 Å². The molecule has 6 rings (SSSR count). The number of carbonyl (C=O) groups is 1. The highest BCUT2D eigenvalue weighted by Crippen LogP contribution is 2.50. The quantitative estimate of drug-likeness (QED) is 0.259. The summed E-state index contributed by atoms with van der Waals surface area (Å²) in [5.74, 6) is -0.970. The predicted molar refractivity (Wildman–Crippen MR) is 141 cm³/mol. The molecule has 0 saturated heterocycles. The average molecular weight is 482 g/mol. The monoisotopic (exact) mass is 481 g/mol. The van der Waals surface area contributed by atoms with Crippen molar-refractivity contribution in [3.63, 3.8) is 0 Å². The first-order valence-electron chi connectivity index (χ1n) is 12.8. The second-order valence-electron chi connectivity index (χ2n) is 10.6. The van der Waals surface area contributed by atoms with Gasteiger partial charge in [0.15, 0.2) is 0 Å². The van der Waals surface area contributed by atoms with Crippen LogP contribution in [0.15, 0.2) is 66.9 Å². The van der Waals surface area contributed by atoms with Crippen molar-refractivity contribution in [3.8, 4) is 22.3 Å². The largest absolute Gasteiger partial charge is 0.478 e. The lowest BCUT2D eigenvalue weighted by Gasteiger charge is -2.42. The Bertz CT molecular complexity index is 1450. The third kappa shape index (κ3) is 3.34. The summed E-state index contributed by atoms with van der Waals surface area (Å²) in [5.41, 5.74) is 6.61. The van der Waals surface area contributed by atoms with Crippen molar-refractivity contribution in [2.75, 3.05) is 13.2 Å². The molecule has 0 amide bonds. The van der Waals surface area contributed by atoms with E-state index in [1.165, 1.54) is 0 Å². The molecule has 2 fully saturated rings. The predicted octanol–water partition coefficient (Wildman–Crippen LogP) is 6.03. The van der Waals surface area contributed by atoms with E-state index < -0.39 is 5.97 Å². The Kier molecular flexibility index (Phi) is 5.51. The maximum Gasteiger partial charge on any atom is 0.337 e. The van der Waals surface area contributed by atoms with Crippen LogP contribution in [0.5, 0.6) is 0 Å². The van der Waals surface area contributed by atoms with E-state index in [-0.39, 0.29) is 29.6 Å². The molecule has 4 N–H and O–H groups in total. The third-order valence-electron chi connectivity index (χ3n) is 8.83. The van der Waals surface area contributed by atoms with Crippen LogP contribution in [0.25, 0.3) is 33.2 Å². The number of fused-ring (bicyclic) bond motifs is 1. The number of nitrogens with one attached hydrogen (secondary N) is 1. The molecule has 1 aromatic heterocycles. The standard InChI is InChI=1S/C31H31NO4/c33-18-30(11-5-12-30)25-9-3-1-7-21(25)20-15-23(28-24(29(35)36)17-32-27(28)16-20)22-8-2-4-10-26(22)31(19-34)13-6-14-31/h1-4,7-10,15-17,32-34H,5-6,11-14,18-19H2,(H,35,36). The number of aliphatic hydroxyl groups excluding tert-OH is 2. The fourth-order valence-corrected chi connectivity index (χ4v) is 6.41. The summed E-state index contributed by atoms with van der Waals surface area (Å²) in [6.07, 6.45) is 7.52. The highest BCUT2D eigenvalue weighted by molar-refractivity contribution is 6.11. The van der Waals surface area contributed by atoms with Crippen LogP contribution in [0.3, 0.4) is 0 Å². The first-order chi connectivity index (χ1) is 17.5. The normalized spacial score (nSPS) is 17.9. The van der Waals surface area contributed by atoms with Crippen molar-refractivity contribution < 1.29 is 20.1 Å². The van der Waals surface area contributed by atoms with Gasteiger partial charge < -0.3 is 20.3 Å². The fourth-order valence-electron chi connectivity index (χ4n) is 6.41. The third-order valence-corrected chi connectivity index (χ3v) is 8.83. The molecule has 36 heavy (non-hydrogen) atoms. The number of benzene rings is 3. The van der Waals surface area contributed by atoms with Crippen molar-refractivity contribution in [1.29, 1.82) is 0 Å². The number of carboxylic acid groups (broad SMARTS) is 1. The summed E-state index contributed by atoms with van der Waals surface area (Å²) in [5, 5.41) is 31.4. The molecule has 5 heteroatoms. The minimum atomic E-state index is -0.970. The number of aliphatic hydroxyl groups is 2. The maximum atomic E-state index is 12.2. The molecule has 3 aromatic carbocycles. The van der Waals surface area contributed by atoms with Gasteiger partial charge >= 0.3 is 5.97 Å². The van der Waals surface area contributed by atoms with Crippen LogP contribution in [0, 0.1) is 0 Å². The van der Waals surface area contributed by atoms with Gasteiger partial charge in [-0.25, -0.2) is 4.79 Å². The SMILES string of the molecule is O=C(O)c1c[nH]c2cc(-c3ccccc3C3(CO)CCC3)cc(-c3ccccc3C3(CO)CCC3)c12. The molecule has 4 aromatic rings. The minimum absolute atomic E-state index is 0.0770. The Hall–Kier alpha value is -3.41. The van der Waals surface area contributed by atoms with Gasteiger partial charge in [0, 0.05) is 27.9 Å². The smallest absolute Gasteiger partial charge is 0.337 e. The van der Waals surface area contributed by atoms with Crippen molar-refractivity contribution in [2.45, 2.75) is 49.4 Å². The molecule has 0 radical (unpaired) electrons. The van der Waals surface area contributed by atoms with Crippen LogP contribution < -0.4 is 0 Å². The highest BCUT2D eigenvalue weighted by atomic mass is 16.4. The number of carboxylic acids is 1. The van der Waals surface area contributed by atoms with Gasteiger partial charge in [0.05, 0.1) is 18.8 Å².